The summed E-state index contributed by atoms with van der Waals surface area (Å²) < 4.78 is 0. The molecule has 0 aliphatic rings. The lowest BCUT2D eigenvalue weighted by molar-refractivity contribution is -0.129. The molecule has 0 saturated heterocycles. The second-order valence-electron chi connectivity index (χ2n) is 13.7. The highest BCUT2D eigenvalue weighted by Gasteiger charge is 2.17. The molecule has 0 spiro atoms. The van der Waals surface area contributed by atoms with Crippen molar-refractivity contribution in [3.8, 4) is 0 Å². The van der Waals surface area contributed by atoms with E-state index in [1.807, 2.05) is 11.0 Å². The third-order valence-corrected chi connectivity index (χ3v) is 7.99. The molecule has 0 saturated carbocycles. The van der Waals surface area contributed by atoms with E-state index in [0.717, 1.165) is 69.8 Å². The Morgan fingerprint density at radius 2 is 0.698 bits per heavy atom. The number of rotatable bonds is 21. The lowest BCUT2D eigenvalue weighted by Crippen LogP contribution is -2.41. The van der Waals surface area contributed by atoms with Crippen LogP contribution < -0.4 is 0 Å². The molecule has 2 nitrogen and oxygen atoms in total. The first-order valence-electron chi connectivity index (χ1n) is 17.1. The largest absolute Gasteiger partial charge is 0.334 e. The summed E-state index contributed by atoms with van der Waals surface area (Å²) in [4.78, 5) is 14.6. The Balaban J connectivity index is 4.34. The Morgan fingerprint density at radius 3 is 0.953 bits per heavy atom. The van der Waals surface area contributed by atoms with Crippen molar-refractivity contribution in [2.24, 2.45) is 0 Å². The third-order valence-electron chi connectivity index (χ3n) is 7.99. The summed E-state index contributed by atoms with van der Waals surface area (Å²) in [6, 6.07) is 0.449. The zero-order chi connectivity index (χ0) is 32.8. The van der Waals surface area contributed by atoms with E-state index < -0.39 is 0 Å². The van der Waals surface area contributed by atoms with Gasteiger partial charge in [0.1, 0.15) is 0 Å². The van der Waals surface area contributed by atoms with Gasteiger partial charge < -0.3 is 4.90 Å². The summed E-state index contributed by atoms with van der Waals surface area (Å²) in [6.45, 7) is 26.1. The van der Waals surface area contributed by atoms with Gasteiger partial charge in [-0.3, -0.25) is 4.79 Å². The molecule has 0 N–H and O–H groups in total. The highest BCUT2D eigenvalue weighted by Crippen LogP contribution is 2.17. The fourth-order valence-corrected chi connectivity index (χ4v) is 5.29. The average molecular weight is 592 g/mol. The molecular weight excluding hydrogens is 522 g/mol. The van der Waals surface area contributed by atoms with Crippen molar-refractivity contribution in [2.45, 2.75) is 172 Å². The van der Waals surface area contributed by atoms with Gasteiger partial charge in [-0.1, -0.05) is 75.5 Å². The molecule has 244 valence electrons. The molecule has 0 fully saturated rings. The lowest BCUT2D eigenvalue weighted by Gasteiger charge is -2.29. The van der Waals surface area contributed by atoms with Crippen molar-refractivity contribution < 1.29 is 4.79 Å². The van der Waals surface area contributed by atoms with Crippen LogP contribution in [0, 0.1) is 0 Å². The molecule has 0 aromatic carbocycles. The highest BCUT2D eigenvalue weighted by atomic mass is 16.2. The standard InChI is InChI=1S/C41H69NO/c1-32(2)19-13-20-35(7)21-14-22-36(8)23-15-24-37(9)25-16-26-38(10)27-17-28-39(11)29-18-30-40(12)31-41(43)42(33(3)4)34(5)6/h19,21,23,25,27,29,31,33-34H,13-18,20,22,24,26,28,30H2,1-12H3/b35-21+,36-23+,37-25-,38-27-,39-29-,40-31-. The summed E-state index contributed by atoms with van der Waals surface area (Å²) in [7, 11) is 0. The maximum Gasteiger partial charge on any atom is 0.246 e. The lowest BCUT2D eigenvalue weighted by atomic mass is 10.0. The van der Waals surface area contributed by atoms with E-state index in [9.17, 15) is 4.79 Å². The van der Waals surface area contributed by atoms with Crippen LogP contribution in [-0.4, -0.2) is 22.9 Å². The molecular formula is C41H69NO. The molecule has 0 unspecified atom stereocenters. The van der Waals surface area contributed by atoms with Gasteiger partial charge in [-0.2, -0.15) is 0 Å². The Bertz CT molecular complexity index is 1010. The van der Waals surface area contributed by atoms with Gasteiger partial charge in [-0.15, -0.1) is 0 Å². The Kier molecular flexibility index (Phi) is 22.7. The van der Waals surface area contributed by atoms with Crippen LogP contribution in [0.1, 0.15) is 160 Å². The van der Waals surface area contributed by atoms with Crippen LogP contribution >= 0.6 is 0 Å². The molecule has 0 aromatic heterocycles. The summed E-state index contributed by atoms with van der Waals surface area (Å²) in [5.41, 5.74) is 10.1. The number of nitrogens with zero attached hydrogens (tertiary/aromatic N) is 1. The summed E-state index contributed by atoms with van der Waals surface area (Å²) >= 11 is 0. The van der Waals surface area contributed by atoms with Crippen LogP contribution in [0.3, 0.4) is 0 Å². The number of amides is 1. The van der Waals surface area contributed by atoms with Crippen LogP contribution in [0.25, 0.3) is 0 Å². The Morgan fingerprint density at radius 1 is 0.442 bits per heavy atom. The Hall–Kier alpha value is -2.35. The number of hydrogen-bond donors (Lipinski definition) is 0. The van der Waals surface area contributed by atoms with E-state index in [4.69, 9.17) is 0 Å². The number of carbonyl (C=O) groups is 1. The van der Waals surface area contributed by atoms with E-state index in [0.29, 0.717) is 0 Å². The molecule has 0 rings (SSSR count). The van der Waals surface area contributed by atoms with Crippen LogP contribution in [0.5, 0.6) is 0 Å². The third kappa shape index (κ3) is 22.8. The molecule has 0 atom stereocenters. The number of allylic oxidation sites excluding steroid dienone is 13. The monoisotopic (exact) mass is 592 g/mol. The maximum atomic E-state index is 12.6. The van der Waals surface area contributed by atoms with Crippen molar-refractivity contribution in [1.82, 2.24) is 4.90 Å². The maximum absolute atomic E-state index is 12.6. The molecule has 0 aromatic rings. The normalized spacial score (nSPS) is 14.2. The first-order valence-corrected chi connectivity index (χ1v) is 17.1. The van der Waals surface area contributed by atoms with Crippen LogP contribution in [0.2, 0.25) is 0 Å². The summed E-state index contributed by atoms with van der Waals surface area (Å²) in [6.07, 6.45) is 29.7. The topological polar surface area (TPSA) is 20.3 Å². The van der Waals surface area contributed by atoms with Gasteiger partial charge in [-0.05, 0) is 160 Å². The van der Waals surface area contributed by atoms with E-state index in [1.165, 1.54) is 46.3 Å². The minimum Gasteiger partial charge on any atom is -0.334 e. The zero-order valence-electron chi connectivity index (χ0n) is 30.5. The second-order valence-corrected chi connectivity index (χ2v) is 13.7. The molecule has 0 aliphatic heterocycles. The van der Waals surface area contributed by atoms with Crippen molar-refractivity contribution in [3.63, 3.8) is 0 Å². The van der Waals surface area contributed by atoms with E-state index in [1.54, 1.807) is 0 Å². The number of hydrogen-bond acceptors (Lipinski definition) is 1. The minimum atomic E-state index is 0.135. The first-order chi connectivity index (χ1) is 20.2. The van der Waals surface area contributed by atoms with Crippen LogP contribution in [0.4, 0.5) is 0 Å². The second kappa shape index (κ2) is 24.0. The predicted molar refractivity (Wildman–Crippen MR) is 194 cm³/mol. The molecule has 1 amide bonds. The van der Waals surface area contributed by atoms with Crippen LogP contribution in [-0.2, 0) is 4.79 Å². The SMILES string of the molecule is CC(C)=CCC/C(C)=C/CC/C(C)=C/CC/C(C)=C\CC/C(C)=C\CC/C(C)=C\CC/C(C)=C\C(=O)N(C(C)C)C(C)C. The fourth-order valence-electron chi connectivity index (χ4n) is 5.29. The van der Waals surface area contributed by atoms with E-state index in [2.05, 4.69) is 120 Å². The smallest absolute Gasteiger partial charge is 0.246 e. The van der Waals surface area contributed by atoms with Crippen LogP contribution in [0.15, 0.2) is 81.5 Å². The molecule has 0 aliphatic carbocycles. The fraction of sp³-hybridized carbons (Fsp3) is 0.634. The van der Waals surface area contributed by atoms with Gasteiger partial charge in [0, 0.05) is 18.2 Å². The summed E-state index contributed by atoms with van der Waals surface area (Å²) in [5.74, 6) is 0.135. The van der Waals surface area contributed by atoms with Crippen molar-refractivity contribution >= 4 is 5.91 Å². The first kappa shape index (κ1) is 40.6. The molecule has 43 heavy (non-hydrogen) atoms. The van der Waals surface area contributed by atoms with Gasteiger partial charge in [0.05, 0.1) is 0 Å². The summed E-state index contributed by atoms with van der Waals surface area (Å²) in [5, 5.41) is 0. The van der Waals surface area contributed by atoms with E-state index in [-0.39, 0.29) is 18.0 Å². The average Bonchev–Trinajstić information content (AvgIpc) is 2.88. The van der Waals surface area contributed by atoms with Gasteiger partial charge in [-0.25, -0.2) is 0 Å². The Labute approximate surface area is 268 Å². The van der Waals surface area contributed by atoms with Gasteiger partial charge in [0.25, 0.3) is 0 Å². The van der Waals surface area contributed by atoms with Crippen molar-refractivity contribution in [1.29, 1.82) is 0 Å². The van der Waals surface area contributed by atoms with Gasteiger partial charge >= 0.3 is 0 Å². The quantitative estimate of drug-likeness (QED) is 0.0960. The van der Waals surface area contributed by atoms with Gasteiger partial charge in [0.15, 0.2) is 0 Å². The molecule has 0 bridgehead atoms. The van der Waals surface area contributed by atoms with Crippen molar-refractivity contribution in [2.75, 3.05) is 0 Å². The van der Waals surface area contributed by atoms with Crippen molar-refractivity contribution in [3.05, 3.63) is 81.5 Å². The zero-order valence-corrected chi connectivity index (χ0v) is 30.5. The minimum absolute atomic E-state index is 0.135. The highest BCUT2D eigenvalue weighted by molar-refractivity contribution is 5.88. The van der Waals surface area contributed by atoms with Gasteiger partial charge in [0.2, 0.25) is 5.91 Å². The predicted octanol–water partition coefficient (Wildman–Crippen LogP) is 13.0. The molecule has 2 heteroatoms. The molecule has 0 radical (unpaired) electrons. The number of carbonyl (C=O) groups excluding carboxylic acids is 1. The van der Waals surface area contributed by atoms with E-state index >= 15 is 0 Å². The molecule has 0 heterocycles.